The van der Waals surface area contributed by atoms with E-state index in [9.17, 15) is 9.59 Å². The van der Waals surface area contributed by atoms with E-state index in [4.69, 9.17) is 0 Å². The lowest BCUT2D eigenvalue weighted by Crippen LogP contribution is -2.39. The maximum Gasteiger partial charge on any atom is 0.331 e. The second kappa shape index (κ2) is 5.11. The SMILES string of the molecule is CCCn1ccc(=O)n(Cc2cncn2C2CC2)c1=O. The third-order valence-corrected chi connectivity index (χ3v) is 3.61. The highest BCUT2D eigenvalue weighted by Gasteiger charge is 2.25. The molecule has 2 aromatic rings. The molecular formula is C14H18N4O2. The molecule has 2 aromatic heterocycles. The zero-order chi connectivity index (χ0) is 14.1. The molecule has 0 radical (unpaired) electrons. The summed E-state index contributed by atoms with van der Waals surface area (Å²) in [5.41, 5.74) is 0.412. The van der Waals surface area contributed by atoms with Gasteiger partial charge in [-0.25, -0.2) is 9.78 Å². The minimum atomic E-state index is -0.258. The van der Waals surface area contributed by atoms with Crippen LogP contribution in [-0.2, 0) is 13.1 Å². The van der Waals surface area contributed by atoms with Gasteiger partial charge < -0.3 is 9.13 Å². The monoisotopic (exact) mass is 274 g/mol. The Bertz CT molecular complexity index is 721. The van der Waals surface area contributed by atoms with Crippen LogP contribution in [0.4, 0.5) is 0 Å². The van der Waals surface area contributed by atoms with Gasteiger partial charge in [0, 0.05) is 31.0 Å². The van der Waals surface area contributed by atoms with Crippen molar-refractivity contribution >= 4 is 0 Å². The van der Waals surface area contributed by atoms with Crippen LogP contribution >= 0.6 is 0 Å². The molecule has 1 aliphatic rings. The maximum absolute atomic E-state index is 12.3. The average molecular weight is 274 g/mol. The lowest BCUT2D eigenvalue weighted by molar-refractivity contribution is 0.554. The summed E-state index contributed by atoms with van der Waals surface area (Å²) in [4.78, 5) is 28.4. The first-order valence-corrected chi connectivity index (χ1v) is 7.01. The van der Waals surface area contributed by atoms with Gasteiger partial charge in [0.2, 0.25) is 0 Å². The van der Waals surface area contributed by atoms with Crippen molar-refractivity contribution in [1.82, 2.24) is 18.7 Å². The molecule has 6 heteroatoms. The molecule has 0 atom stereocenters. The molecule has 0 N–H and O–H groups in total. The Hall–Kier alpha value is -2.11. The molecule has 20 heavy (non-hydrogen) atoms. The lowest BCUT2D eigenvalue weighted by atomic mass is 10.4. The Morgan fingerprint density at radius 3 is 2.85 bits per heavy atom. The molecule has 0 aromatic carbocycles. The van der Waals surface area contributed by atoms with E-state index < -0.39 is 0 Å². The van der Waals surface area contributed by atoms with Crippen molar-refractivity contribution in [2.45, 2.75) is 45.3 Å². The van der Waals surface area contributed by atoms with Gasteiger partial charge in [-0.05, 0) is 19.3 Å². The Labute approximate surface area is 116 Å². The van der Waals surface area contributed by atoms with Crippen LogP contribution in [0.2, 0.25) is 0 Å². The smallest absolute Gasteiger partial charge is 0.330 e. The van der Waals surface area contributed by atoms with Gasteiger partial charge in [0.1, 0.15) is 0 Å². The minimum Gasteiger partial charge on any atom is -0.330 e. The molecule has 6 nitrogen and oxygen atoms in total. The van der Waals surface area contributed by atoms with Gasteiger partial charge >= 0.3 is 5.69 Å². The first kappa shape index (κ1) is 12.9. The fraction of sp³-hybridized carbons (Fsp3) is 0.500. The van der Waals surface area contributed by atoms with E-state index in [1.165, 1.54) is 10.6 Å². The van der Waals surface area contributed by atoms with Crippen LogP contribution < -0.4 is 11.2 Å². The van der Waals surface area contributed by atoms with E-state index in [-0.39, 0.29) is 11.2 Å². The summed E-state index contributed by atoms with van der Waals surface area (Å²) in [5.74, 6) is 0. The predicted octanol–water partition coefficient (Wildman–Crippen LogP) is 1.000. The number of aromatic nitrogens is 4. The largest absolute Gasteiger partial charge is 0.331 e. The Kier molecular flexibility index (Phi) is 3.30. The standard InChI is InChI=1S/C14H18N4O2/c1-2-6-16-7-5-13(19)17(14(16)20)9-12-8-15-10-18(12)11-3-4-11/h5,7-8,10-11H,2-4,6,9H2,1H3. The van der Waals surface area contributed by atoms with Crippen LogP contribution in [-0.4, -0.2) is 18.7 Å². The second-order valence-corrected chi connectivity index (χ2v) is 5.24. The van der Waals surface area contributed by atoms with Crippen molar-refractivity contribution in [3.8, 4) is 0 Å². The highest BCUT2D eigenvalue weighted by molar-refractivity contribution is 5.05. The van der Waals surface area contributed by atoms with Crippen molar-refractivity contribution in [2.24, 2.45) is 0 Å². The first-order valence-electron chi connectivity index (χ1n) is 7.01. The fourth-order valence-electron chi connectivity index (χ4n) is 2.41. The molecule has 0 aliphatic heterocycles. The van der Waals surface area contributed by atoms with Crippen molar-refractivity contribution in [1.29, 1.82) is 0 Å². The van der Waals surface area contributed by atoms with Crippen molar-refractivity contribution in [3.63, 3.8) is 0 Å². The van der Waals surface area contributed by atoms with Crippen LogP contribution in [0.5, 0.6) is 0 Å². The van der Waals surface area contributed by atoms with Crippen molar-refractivity contribution in [3.05, 3.63) is 51.3 Å². The number of imidazole rings is 1. The molecule has 0 unspecified atom stereocenters. The van der Waals surface area contributed by atoms with E-state index in [2.05, 4.69) is 9.55 Å². The number of rotatable bonds is 5. The van der Waals surface area contributed by atoms with Crippen molar-refractivity contribution in [2.75, 3.05) is 0 Å². The topological polar surface area (TPSA) is 61.8 Å². The molecular weight excluding hydrogens is 256 g/mol. The van der Waals surface area contributed by atoms with E-state index in [1.807, 2.05) is 6.92 Å². The molecule has 0 bridgehead atoms. The van der Waals surface area contributed by atoms with Crippen molar-refractivity contribution < 1.29 is 0 Å². The molecule has 1 aliphatic carbocycles. The summed E-state index contributed by atoms with van der Waals surface area (Å²) in [6.45, 7) is 2.92. The number of hydrogen-bond acceptors (Lipinski definition) is 3. The first-order chi connectivity index (χ1) is 9.70. The fourth-order valence-corrected chi connectivity index (χ4v) is 2.41. The number of aryl methyl sites for hydroxylation is 1. The van der Waals surface area contributed by atoms with E-state index in [1.54, 1.807) is 23.3 Å². The highest BCUT2D eigenvalue weighted by Crippen LogP contribution is 2.35. The molecule has 0 saturated heterocycles. The third kappa shape index (κ3) is 2.33. The molecule has 0 amide bonds. The molecule has 0 spiro atoms. The minimum absolute atomic E-state index is 0.247. The summed E-state index contributed by atoms with van der Waals surface area (Å²) >= 11 is 0. The molecule has 106 valence electrons. The normalized spacial score (nSPS) is 14.7. The quantitative estimate of drug-likeness (QED) is 0.817. The zero-order valence-corrected chi connectivity index (χ0v) is 11.5. The van der Waals surface area contributed by atoms with Crippen LogP contribution in [0.1, 0.15) is 37.9 Å². The molecule has 3 rings (SSSR count). The Morgan fingerprint density at radius 2 is 2.15 bits per heavy atom. The Morgan fingerprint density at radius 1 is 1.35 bits per heavy atom. The lowest BCUT2D eigenvalue weighted by Gasteiger charge is -2.10. The number of nitrogens with zero attached hydrogens (tertiary/aromatic N) is 4. The summed E-state index contributed by atoms with van der Waals surface area (Å²) in [7, 11) is 0. The third-order valence-electron chi connectivity index (χ3n) is 3.61. The maximum atomic E-state index is 12.3. The van der Waals surface area contributed by atoms with Crippen LogP contribution in [0.3, 0.4) is 0 Å². The summed E-state index contributed by atoms with van der Waals surface area (Å²) in [6, 6.07) is 1.94. The van der Waals surface area contributed by atoms with E-state index in [0.29, 0.717) is 19.1 Å². The van der Waals surface area contributed by atoms with Crippen LogP contribution in [0, 0.1) is 0 Å². The predicted molar refractivity (Wildman–Crippen MR) is 74.9 cm³/mol. The van der Waals surface area contributed by atoms with E-state index >= 15 is 0 Å². The van der Waals surface area contributed by atoms with Gasteiger partial charge in [0.25, 0.3) is 5.56 Å². The van der Waals surface area contributed by atoms with Gasteiger partial charge in [0.05, 0.1) is 18.6 Å². The molecule has 1 fully saturated rings. The summed E-state index contributed by atoms with van der Waals surface area (Å²) < 4.78 is 4.94. The average Bonchev–Trinajstić information content (AvgIpc) is 3.18. The van der Waals surface area contributed by atoms with E-state index in [0.717, 1.165) is 25.0 Å². The van der Waals surface area contributed by atoms with Gasteiger partial charge in [-0.2, -0.15) is 0 Å². The molecule has 2 heterocycles. The summed E-state index contributed by atoms with van der Waals surface area (Å²) in [5, 5.41) is 0. The zero-order valence-electron chi connectivity index (χ0n) is 11.5. The second-order valence-electron chi connectivity index (χ2n) is 5.24. The summed E-state index contributed by atoms with van der Waals surface area (Å²) in [6.07, 6.45) is 8.24. The molecule has 1 saturated carbocycles. The van der Waals surface area contributed by atoms with Gasteiger partial charge in [-0.3, -0.25) is 9.36 Å². The van der Waals surface area contributed by atoms with Gasteiger partial charge in [0.15, 0.2) is 0 Å². The van der Waals surface area contributed by atoms with Crippen LogP contribution in [0.25, 0.3) is 0 Å². The van der Waals surface area contributed by atoms with Gasteiger partial charge in [-0.1, -0.05) is 6.92 Å². The van der Waals surface area contributed by atoms with Gasteiger partial charge in [-0.15, -0.1) is 0 Å². The van der Waals surface area contributed by atoms with Crippen LogP contribution in [0.15, 0.2) is 34.4 Å². The Balaban J connectivity index is 1.97. The number of hydrogen-bond donors (Lipinski definition) is 0. The highest BCUT2D eigenvalue weighted by atomic mass is 16.2.